The molecule has 19 heavy (non-hydrogen) atoms. The Morgan fingerprint density at radius 1 is 1.37 bits per heavy atom. The van der Waals surface area contributed by atoms with E-state index in [1.165, 1.54) is 13.2 Å². The van der Waals surface area contributed by atoms with Gasteiger partial charge in [0.05, 0.1) is 7.11 Å². The monoisotopic (exact) mass is 260 g/mol. The molecule has 100 valence electrons. The SMILES string of the molecule is COc1ccc(C(C)NCc2cccnc2)cc1F. The molecular weight excluding hydrogens is 243 g/mol. The summed E-state index contributed by atoms with van der Waals surface area (Å²) in [4.78, 5) is 4.06. The van der Waals surface area contributed by atoms with Crippen LogP contribution in [0.2, 0.25) is 0 Å². The Morgan fingerprint density at radius 2 is 2.21 bits per heavy atom. The van der Waals surface area contributed by atoms with Crippen molar-refractivity contribution in [3.05, 3.63) is 59.7 Å². The van der Waals surface area contributed by atoms with E-state index in [-0.39, 0.29) is 17.6 Å². The molecule has 0 saturated heterocycles. The van der Waals surface area contributed by atoms with E-state index < -0.39 is 0 Å². The fraction of sp³-hybridized carbons (Fsp3) is 0.267. The Hall–Kier alpha value is -1.94. The third-order valence-electron chi connectivity index (χ3n) is 3.01. The maximum atomic E-state index is 13.6. The normalized spacial score (nSPS) is 12.2. The molecule has 1 heterocycles. The van der Waals surface area contributed by atoms with Crippen molar-refractivity contribution < 1.29 is 9.13 Å². The lowest BCUT2D eigenvalue weighted by Gasteiger charge is -2.15. The summed E-state index contributed by atoms with van der Waals surface area (Å²) in [5, 5.41) is 3.33. The highest BCUT2D eigenvalue weighted by Crippen LogP contribution is 2.21. The lowest BCUT2D eigenvalue weighted by Crippen LogP contribution is -2.18. The number of ether oxygens (including phenoxy) is 1. The van der Waals surface area contributed by atoms with Gasteiger partial charge in [-0.1, -0.05) is 12.1 Å². The molecule has 2 rings (SSSR count). The summed E-state index contributed by atoms with van der Waals surface area (Å²) >= 11 is 0. The molecule has 1 aromatic heterocycles. The van der Waals surface area contributed by atoms with Crippen LogP contribution in [0.15, 0.2) is 42.7 Å². The number of aromatic nitrogens is 1. The van der Waals surface area contributed by atoms with Crippen LogP contribution in [0, 0.1) is 5.82 Å². The molecule has 2 aromatic rings. The third-order valence-corrected chi connectivity index (χ3v) is 3.01. The average molecular weight is 260 g/mol. The maximum absolute atomic E-state index is 13.6. The van der Waals surface area contributed by atoms with E-state index in [0.29, 0.717) is 6.54 Å². The Bertz CT molecular complexity index is 531. The summed E-state index contributed by atoms with van der Waals surface area (Å²) in [6, 6.07) is 8.96. The van der Waals surface area contributed by atoms with Gasteiger partial charge in [-0.3, -0.25) is 4.98 Å². The largest absolute Gasteiger partial charge is 0.494 e. The molecule has 1 aromatic carbocycles. The highest BCUT2D eigenvalue weighted by molar-refractivity contribution is 5.30. The van der Waals surface area contributed by atoms with Crippen LogP contribution in [0.4, 0.5) is 4.39 Å². The quantitative estimate of drug-likeness (QED) is 0.897. The van der Waals surface area contributed by atoms with Crippen molar-refractivity contribution in [3.8, 4) is 5.75 Å². The summed E-state index contributed by atoms with van der Waals surface area (Å²) in [6.07, 6.45) is 3.56. The molecule has 0 aliphatic heterocycles. The van der Waals surface area contributed by atoms with Crippen LogP contribution in [0.5, 0.6) is 5.75 Å². The number of rotatable bonds is 5. The first-order valence-corrected chi connectivity index (χ1v) is 6.16. The van der Waals surface area contributed by atoms with Crippen LogP contribution in [-0.4, -0.2) is 12.1 Å². The molecule has 4 heteroatoms. The fourth-order valence-electron chi connectivity index (χ4n) is 1.84. The van der Waals surface area contributed by atoms with Gasteiger partial charge in [-0.2, -0.15) is 0 Å². The number of halogens is 1. The summed E-state index contributed by atoms with van der Waals surface area (Å²) in [5.41, 5.74) is 1.99. The molecule has 0 spiro atoms. The average Bonchev–Trinajstić information content (AvgIpc) is 2.45. The first-order chi connectivity index (χ1) is 9.20. The summed E-state index contributed by atoms with van der Waals surface area (Å²) in [7, 11) is 1.46. The third kappa shape index (κ3) is 3.51. The van der Waals surface area contributed by atoms with Gasteiger partial charge in [-0.15, -0.1) is 0 Å². The smallest absolute Gasteiger partial charge is 0.165 e. The van der Waals surface area contributed by atoms with Gasteiger partial charge in [0.15, 0.2) is 11.6 Å². The Kier molecular flexibility index (Phi) is 4.47. The van der Waals surface area contributed by atoms with Crippen LogP contribution in [0.25, 0.3) is 0 Å². The zero-order chi connectivity index (χ0) is 13.7. The van der Waals surface area contributed by atoms with E-state index in [1.54, 1.807) is 12.3 Å². The number of hydrogen-bond acceptors (Lipinski definition) is 3. The Labute approximate surface area is 112 Å². The Balaban J connectivity index is 2.00. The highest BCUT2D eigenvalue weighted by atomic mass is 19.1. The lowest BCUT2D eigenvalue weighted by atomic mass is 10.1. The van der Waals surface area contributed by atoms with E-state index in [4.69, 9.17) is 4.74 Å². The van der Waals surface area contributed by atoms with Gasteiger partial charge < -0.3 is 10.1 Å². The van der Waals surface area contributed by atoms with Crippen molar-refractivity contribution >= 4 is 0 Å². The zero-order valence-corrected chi connectivity index (χ0v) is 11.1. The minimum absolute atomic E-state index is 0.0561. The zero-order valence-electron chi connectivity index (χ0n) is 11.1. The minimum Gasteiger partial charge on any atom is -0.494 e. The van der Waals surface area contributed by atoms with E-state index in [1.807, 2.05) is 31.3 Å². The first kappa shape index (κ1) is 13.5. The molecule has 1 unspecified atom stereocenters. The van der Waals surface area contributed by atoms with Gasteiger partial charge in [0.1, 0.15) is 0 Å². The van der Waals surface area contributed by atoms with Crippen molar-refractivity contribution in [2.75, 3.05) is 7.11 Å². The van der Waals surface area contributed by atoms with Crippen LogP contribution >= 0.6 is 0 Å². The second kappa shape index (κ2) is 6.29. The highest BCUT2D eigenvalue weighted by Gasteiger charge is 2.09. The van der Waals surface area contributed by atoms with Gasteiger partial charge in [-0.05, 0) is 36.2 Å². The van der Waals surface area contributed by atoms with E-state index in [9.17, 15) is 4.39 Å². The van der Waals surface area contributed by atoms with E-state index >= 15 is 0 Å². The van der Waals surface area contributed by atoms with Gasteiger partial charge in [0.25, 0.3) is 0 Å². The van der Waals surface area contributed by atoms with Crippen molar-refractivity contribution in [2.45, 2.75) is 19.5 Å². The first-order valence-electron chi connectivity index (χ1n) is 6.16. The molecule has 0 saturated carbocycles. The van der Waals surface area contributed by atoms with Crippen LogP contribution in [0.1, 0.15) is 24.1 Å². The maximum Gasteiger partial charge on any atom is 0.165 e. The number of hydrogen-bond donors (Lipinski definition) is 1. The van der Waals surface area contributed by atoms with Gasteiger partial charge in [-0.25, -0.2) is 4.39 Å². The number of nitrogens with zero attached hydrogens (tertiary/aromatic N) is 1. The molecular formula is C15H17FN2O. The van der Waals surface area contributed by atoms with E-state index in [0.717, 1.165) is 11.1 Å². The molecule has 1 atom stereocenters. The summed E-state index contributed by atoms with van der Waals surface area (Å²) < 4.78 is 18.5. The topological polar surface area (TPSA) is 34.1 Å². The van der Waals surface area contributed by atoms with Crippen LogP contribution in [-0.2, 0) is 6.54 Å². The van der Waals surface area contributed by atoms with Gasteiger partial charge in [0, 0.05) is 25.0 Å². The Morgan fingerprint density at radius 3 is 2.84 bits per heavy atom. The molecule has 0 bridgehead atoms. The lowest BCUT2D eigenvalue weighted by molar-refractivity contribution is 0.385. The fourth-order valence-corrected chi connectivity index (χ4v) is 1.84. The second-order valence-corrected chi connectivity index (χ2v) is 4.36. The van der Waals surface area contributed by atoms with Crippen molar-refractivity contribution in [1.29, 1.82) is 0 Å². The van der Waals surface area contributed by atoms with Gasteiger partial charge >= 0.3 is 0 Å². The summed E-state index contributed by atoms with van der Waals surface area (Å²) in [6.45, 7) is 2.69. The van der Waals surface area contributed by atoms with Gasteiger partial charge in [0.2, 0.25) is 0 Å². The molecule has 0 amide bonds. The minimum atomic E-state index is -0.338. The van der Waals surface area contributed by atoms with Crippen molar-refractivity contribution in [1.82, 2.24) is 10.3 Å². The summed E-state index contributed by atoms with van der Waals surface area (Å²) in [5.74, 6) is -0.0711. The predicted octanol–water partition coefficient (Wildman–Crippen LogP) is 3.08. The molecule has 0 aliphatic rings. The molecule has 0 aliphatic carbocycles. The molecule has 3 nitrogen and oxygen atoms in total. The second-order valence-electron chi connectivity index (χ2n) is 4.36. The standard InChI is InChI=1S/C15H17FN2O/c1-11(18-10-12-4-3-7-17-9-12)13-5-6-15(19-2)14(16)8-13/h3-9,11,18H,10H2,1-2H3. The number of pyridine rings is 1. The number of methoxy groups -OCH3 is 1. The van der Waals surface area contributed by atoms with Crippen molar-refractivity contribution in [2.24, 2.45) is 0 Å². The molecule has 1 N–H and O–H groups in total. The molecule has 0 radical (unpaired) electrons. The van der Waals surface area contributed by atoms with Crippen molar-refractivity contribution in [3.63, 3.8) is 0 Å². The molecule has 0 fully saturated rings. The number of nitrogens with one attached hydrogen (secondary N) is 1. The predicted molar refractivity (Wildman–Crippen MR) is 72.4 cm³/mol. The van der Waals surface area contributed by atoms with Crippen LogP contribution < -0.4 is 10.1 Å². The number of benzene rings is 1. The van der Waals surface area contributed by atoms with E-state index in [2.05, 4.69) is 10.3 Å². The van der Waals surface area contributed by atoms with Crippen LogP contribution in [0.3, 0.4) is 0 Å².